The summed E-state index contributed by atoms with van der Waals surface area (Å²) >= 11 is 0. The standard InChI is InChI=1S/C11H10N6O3/c1-6-15-17-10(7(20-2)3-14-17)11(19)16(6)8-4-13-9(18)5-12-8/h3-5H,1-2H3,(H,13,18). The molecule has 0 fully saturated rings. The first kappa shape index (κ1) is 12.1. The van der Waals surface area contributed by atoms with Gasteiger partial charge in [0.2, 0.25) is 0 Å². The lowest BCUT2D eigenvalue weighted by Crippen LogP contribution is -2.26. The highest BCUT2D eigenvalue weighted by atomic mass is 16.5. The molecule has 0 aromatic carbocycles. The number of aromatic amines is 1. The first-order valence-electron chi connectivity index (χ1n) is 5.68. The maximum absolute atomic E-state index is 12.5. The number of rotatable bonds is 2. The van der Waals surface area contributed by atoms with Gasteiger partial charge >= 0.3 is 0 Å². The number of nitrogens with one attached hydrogen (secondary N) is 1. The minimum Gasteiger partial charge on any atom is -0.493 e. The van der Waals surface area contributed by atoms with E-state index < -0.39 is 0 Å². The minimum absolute atomic E-state index is 0.200. The Morgan fingerprint density at radius 1 is 1.30 bits per heavy atom. The predicted octanol–water partition coefficient (Wildman–Crippen LogP) is -0.719. The summed E-state index contributed by atoms with van der Waals surface area (Å²) in [4.78, 5) is 30.0. The van der Waals surface area contributed by atoms with Crippen molar-refractivity contribution in [3.63, 3.8) is 0 Å². The van der Waals surface area contributed by atoms with Gasteiger partial charge < -0.3 is 9.72 Å². The van der Waals surface area contributed by atoms with E-state index in [9.17, 15) is 9.59 Å². The lowest BCUT2D eigenvalue weighted by molar-refractivity contribution is 0.419. The number of aryl methyl sites for hydroxylation is 1. The molecule has 3 rings (SSSR count). The Morgan fingerprint density at radius 3 is 2.75 bits per heavy atom. The fourth-order valence-electron chi connectivity index (χ4n) is 1.90. The number of ether oxygens (including phenoxy) is 1. The van der Waals surface area contributed by atoms with Crippen molar-refractivity contribution >= 4 is 5.52 Å². The first-order chi connectivity index (χ1) is 9.61. The summed E-state index contributed by atoms with van der Waals surface area (Å²) in [5.41, 5.74) is -0.534. The van der Waals surface area contributed by atoms with Crippen LogP contribution < -0.4 is 15.9 Å². The van der Waals surface area contributed by atoms with Gasteiger partial charge in [-0.1, -0.05) is 0 Å². The van der Waals surface area contributed by atoms with Gasteiger partial charge in [-0.25, -0.2) is 9.55 Å². The van der Waals surface area contributed by atoms with E-state index in [2.05, 4.69) is 20.2 Å². The molecule has 0 unspecified atom stereocenters. The Morgan fingerprint density at radius 2 is 2.10 bits per heavy atom. The maximum Gasteiger partial charge on any atom is 0.289 e. The Labute approximate surface area is 111 Å². The van der Waals surface area contributed by atoms with Crippen LogP contribution >= 0.6 is 0 Å². The van der Waals surface area contributed by atoms with Crippen LogP contribution in [0.25, 0.3) is 11.3 Å². The molecule has 0 radical (unpaired) electrons. The van der Waals surface area contributed by atoms with Crippen molar-refractivity contribution in [2.45, 2.75) is 6.92 Å². The van der Waals surface area contributed by atoms with Gasteiger partial charge in [-0.05, 0) is 6.92 Å². The summed E-state index contributed by atoms with van der Waals surface area (Å²) < 4.78 is 7.56. The normalized spacial score (nSPS) is 10.9. The molecule has 0 aliphatic carbocycles. The van der Waals surface area contributed by atoms with Crippen molar-refractivity contribution in [3.05, 3.63) is 45.1 Å². The van der Waals surface area contributed by atoms with Gasteiger partial charge in [0.05, 0.1) is 19.5 Å². The van der Waals surface area contributed by atoms with Crippen LogP contribution in [0.3, 0.4) is 0 Å². The molecule has 0 bridgehead atoms. The van der Waals surface area contributed by atoms with Crippen molar-refractivity contribution in [3.8, 4) is 11.6 Å². The van der Waals surface area contributed by atoms with Crippen LogP contribution in [-0.2, 0) is 0 Å². The van der Waals surface area contributed by atoms with E-state index >= 15 is 0 Å². The Balaban J connectivity index is 2.38. The zero-order chi connectivity index (χ0) is 14.3. The number of hydrogen-bond donors (Lipinski definition) is 1. The van der Waals surface area contributed by atoms with Crippen molar-refractivity contribution < 1.29 is 4.74 Å². The molecule has 20 heavy (non-hydrogen) atoms. The molecular weight excluding hydrogens is 264 g/mol. The Kier molecular flexibility index (Phi) is 2.60. The highest BCUT2D eigenvalue weighted by Gasteiger charge is 2.16. The van der Waals surface area contributed by atoms with Gasteiger partial charge in [-0.3, -0.25) is 9.59 Å². The number of hydrogen-bond acceptors (Lipinski definition) is 6. The van der Waals surface area contributed by atoms with Crippen LogP contribution in [0.1, 0.15) is 5.82 Å². The predicted molar refractivity (Wildman–Crippen MR) is 68.3 cm³/mol. The second-order valence-corrected chi connectivity index (χ2v) is 4.01. The van der Waals surface area contributed by atoms with Crippen LogP contribution in [0.15, 0.2) is 28.2 Å². The molecular formula is C11H10N6O3. The van der Waals surface area contributed by atoms with E-state index in [0.29, 0.717) is 11.6 Å². The number of H-pyrrole nitrogens is 1. The summed E-state index contributed by atoms with van der Waals surface area (Å²) in [5, 5.41) is 8.11. The molecule has 0 saturated heterocycles. The molecule has 0 spiro atoms. The quantitative estimate of drug-likeness (QED) is 0.661. The van der Waals surface area contributed by atoms with Gasteiger partial charge in [-0.2, -0.15) is 5.10 Å². The third kappa shape index (κ3) is 1.67. The largest absolute Gasteiger partial charge is 0.493 e. The highest BCUT2D eigenvalue weighted by molar-refractivity contribution is 5.57. The second kappa shape index (κ2) is 4.30. The lowest BCUT2D eigenvalue weighted by atomic mass is 10.4. The SMILES string of the molecule is COc1cnn2nc(C)n(-c3c[nH]c(=O)cn3)c(=O)c12. The number of methoxy groups -OCH3 is 1. The summed E-state index contributed by atoms with van der Waals surface area (Å²) in [6.07, 6.45) is 3.85. The average Bonchev–Trinajstić information content (AvgIpc) is 2.84. The van der Waals surface area contributed by atoms with Crippen LogP contribution in [0.5, 0.6) is 5.75 Å². The van der Waals surface area contributed by atoms with Gasteiger partial charge in [0.15, 0.2) is 17.1 Å². The maximum atomic E-state index is 12.5. The lowest BCUT2D eigenvalue weighted by Gasteiger charge is -2.08. The topological polar surface area (TPSA) is 107 Å². The van der Waals surface area contributed by atoms with Crippen molar-refractivity contribution in [2.24, 2.45) is 0 Å². The molecule has 9 nitrogen and oxygen atoms in total. The zero-order valence-electron chi connectivity index (χ0n) is 10.7. The van der Waals surface area contributed by atoms with Crippen LogP contribution in [0, 0.1) is 6.92 Å². The van der Waals surface area contributed by atoms with E-state index in [4.69, 9.17) is 4.74 Å². The minimum atomic E-state index is -0.383. The first-order valence-corrected chi connectivity index (χ1v) is 5.68. The van der Waals surface area contributed by atoms with Gasteiger partial charge in [-0.15, -0.1) is 9.73 Å². The molecule has 3 aromatic rings. The molecule has 0 amide bonds. The van der Waals surface area contributed by atoms with Crippen LogP contribution in [0.2, 0.25) is 0 Å². The van der Waals surface area contributed by atoms with E-state index in [1.54, 1.807) is 6.92 Å². The average molecular weight is 274 g/mol. The third-order valence-corrected chi connectivity index (χ3v) is 2.79. The molecule has 3 aromatic heterocycles. The smallest absolute Gasteiger partial charge is 0.289 e. The van der Waals surface area contributed by atoms with E-state index in [1.165, 1.54) is 28.7 Å². The molecule has 1 N–H and O–H groups in total. The van der Waals surface area contributed by atoms with Crippen molar-refractivity contribution in [2.75, 3.05) is 7.11 Å². The molecule has 0 aliphatic rings. The third-order valence-electron chi connectivity index (χ3n) is 2.79. The summed E-state index contributed by atoms with van der Waals surface area (Å²) in [6, 6.07) is 0. The number of aromatic nitrogens is 6. The van der Waals surface area contributed by atoms with Gasteiger partial charge in [0, 0.05) is 6.20 Å². The second-order valence-electron chi connectivity index (χ2n) is 4.01. The summed E-state index contributed by atoms with van der Waals surface area (Å²) in [7, 11) is 1.44. The monoisotopic (exact) mass is 274 g/mol. The van der Waals surface area contributed by atoms with Crippen molar-refractivity contribution in [1.82, 2.24) is 29.4 Å². The number of nitrogens with zero attached hydrogens (tertiary/aromatic N) is 5. The van der Waals surface area contributed by atoms with Gasteiger partial charge in [0.25, 0.3) is 11.1 Å². The molecule has 102 valence electrons. The number of fused-ring (bicyclic) bond motifs is 1. The fourth-order valence-corrected chi connectivity index (χ4v) is 1.90. The zero-order valence-corrected chi connectivity index (χ0v) is 10.7. The van der Waals surface area contributed by atoms with E-state index in [1.807, 2.05) is 0 Å². The Hall–Kier alpha value is -2.97. The Bertz CT molecular complexity index is 886. The molecule has 3 heterocycles. The molecule has 0 atom stereocenters. The fraction of sp³-hybridized carbons (Fsp3) is 0.182. The van der Waals surface area contributed by atoms with Crippen LogP contribution in [0.4, 0.5) is 0 Å². The van der Waals surface area contributed by atoms with Gasteiger partial charge in [0.1, 0.15) is 5.82 Å². The molecule has 9 heteroatoms. The highest BCUT2D eigenvalue weighted by Crippen LogP contribution is 2.14. The van der Waals surface area contributed by atoms with E-state index in [-0.39, 0.29) is 22.5 Å². The van der Waals surface area contributed by atoms with Crippen molar-refractivity contribution in [1.29, 1.82) is 0 Å². The van der Waals surface area contributed by atoms with E-state index in [0.717, 1.165) is 6.20 Å². The summed E-state index contributed by atoms with van der Waals surface area (Å²) in [5.74, 6) is 0.971. The van der Waals surface area contributed by atoms with Crippen LogP contribution in [-0.4, -0.2) is 36.5 Å². The molecule has 0 saturated carbocycles. The summed E-state index contributed by atoms with van der Waals surface area (Å²) in [6.45, 7) is 1.64. The molecule has 0 aliphatic heterocycles.